The van der Waals surface area contributed by atoms with Crippen molar-refractivity contribution in [3.05, 3.63) is 0 Å². The average molecular weight is 202 g/mol. The molecule has 0 rings (SSSR count). The largest absolute Gasteiger partial charge is 0.393 e. The minimum absolute atomic E-state index is 0.461. The van der Waals surface area contributed by atoms with Gasteiger partial charge in [-0.15, -0.1) is 0 Å². The van der Waals surface area contributed by atoms with E-state index >= 15 is 0 Å². The van der Waals surface area contributed by atoms with Gasteiger partial charge in [-0.3, -0.25) is 0 Å². The molecule has 0 saturated heterocycles. The van der Waals surface area contributed by atoms with Crippen molar-refractivity contribution in [2.75, 3.05) is 7.05 Å². The van der Waals surface area contributed by atoms with E-state index in [1.807, 2.05) is 0 Å². The van der Waals surface area contributed by atoms with E-state index in [-0.39, 0.29) is 0 Å². The van der Waals surface area contributed by atoms with Gasteiger partial charge in [-0.2, -0.15) is 0 Å². The van der Waals surface area contributed by atoms with Gasteiger partial charge in [0, 0.05) is 18.5 Å². The molecule has 0 radical (unpaired) electrons. The molecule has 0 heterocycles. The zero-order valence-corrected chi connectivity index (χ0v) is 10.0. The summed E-state index contributed by atoms with van der Waals surface area (Å²) in [5.74, 6) is 0. The Labute approximate surface area is 87.5 Å². The normalized spacial score (nSPS) is 13.7. The van der Waals surface area contributed by atoms with Gasteiger partial charge in [-0.05, 0) is 26.8 Å². The van der Waals surface area contributed by atoms with Gasteiger partial charge >= 0.3 is 0 Å². The van der Waals surface area contributed by atoms with Crippen molar-refractivity contribution in [3.63, 3.8) is 0 Å². The molecule has 78 valence electrons. The number of rotatable bonds is 6. The first-order valence-corrected chi connectivity index (χ1v) is 5.43. The van der Waals surface area contributed by atoms with Crippen LogP contribution in [0.1, 0.15) is 40.0 Å². The van der Waals surface area contributed by atoms with Gasteiger partial charge in [-0.1, -0.05) is 26.1 Å². The Morgan fingerprint density at radius 1 is 1.38 bits per heavy atom. The zero-order valence-electron chi connectivity index (χ0n) is 9.21. The van der Waals surface area contributed by atoms with Crippen LogP contribution in [0.5, 0.6) is 0 Å². The number of thiocarbonyl (C=S) groups is 1. The van der Waals surface area contributed by atoms with Crippen molar-refractivity contribution in [2.45, 2.75) is 52.1 Å². The number of nitrogens with zero attached hydrogens (tertiary/aromatic N) is 1. The van der Waals surface area contributed by atoms with Crippen molar-refractivity contribution in [1.29, 1.82) is 0 Å². The molecule has 0 aliphatic carbocycles. The fraction of sp³-hybridized carbons (Fsp3) is 0.900. The van der Waals surface area contributed by atoms with Crippen LogP contribution in [-0.2, 0) is 0 Å². The molecule has 2 nitrogen and oxygen atoms in total. The summed E-state index contributed by atoms with van der Waals surface area (Å²) < 4.78 is 0. The maximum atomic E-state index is 5.52. The Kier molecular flexibility index (Phi) is 6.25. The third-order valence-electron chi connectivity index (χ3n) is 2.71. The average Bonchev–Trinajstić information content (AvgIpc) is 2.05. The van der Waals surface area contributed by atoms with E-state index in [1.165, 1.54) is 12.8 Å². The maximum absolute atomic E-state index is 5.52. The van der Waals surface area contributed by atoms with Gasteiger partial charge in [-0.25, -0.2) is 0 Å². The van der Waals surface area contributed by atoms with E-state index in [0.717, 1.165) is 6.42 Å². The van der Waals surface area contributed by atoms with Gasteiger partial charge in [0.25, 0.3) is 0 Å². The van der Waals surface area contributed by atoms with Gasteiger partial charge < -0.3 is 10.6 Å². The lowest BCUT2D eigenvalue weighted by Gasteiger charge is -2.31. The molecule has 0 amide bonds. The van der Waals surface area contributed by atoms with Crippen LogP contribution in [0.15, 0.2) is 0 Å². The number of hydrogen-bond donors (Lipinski definition) is 1. The van der Waals surface area contributed by atoms with Crippen LogP contribution in [0, 0.1) is 0 Å². The first kappa shape index (κ1) is 12.8. The predicted octanol–water partition coefficient (Wildman–Crippen LogP) is 2.17. The molecule has 1 atom stereocenters. The smallest absolute Gasteiger partial charge is 0.0742 e. The topological polar surface area (TPSA) is 29.3 Å². The lowest BCUT2D eigenvalue weighted by atomic mass is 10.1. The third kappa shape index (κ3) is 4.58. The third-order valence-corrected chi connectivity index (χ3v) is 2.88. The Morgan fingerprint density at radius 3 is 2.15 bits per heavy atom. The fourth-order valence-corrected chi connectivity index (χ4v) is 1.90. The van der Waals surface area contributed by atoms with Crippen molar-refractivity contribution < 1.29 is 0 Å². The summed E-state index contributed by atoms with van der Waals surface area (Å²) in [7, 11) is 2.15. The first-order chi connectivity index (χ1) is 6.02. The summed E-state index contributed by atoms with van der Waals surface area (Å²) in [6.07, 6.45) is 3.20. The Morgan fingerprint density at radius 2 is 1.85 bits per heavy atom. The van der Waals surface area contributed by atoms with E-state index in [1.54, 1.807) is 0 Å². The van der Waals surface area contributed by atoms with Gasteiger partial charge in [0.15, 0.2) is 0 Å². The van der Waals surface area contributed by atoms with Crippen LogP contribution in [0.4, 0.5) is 0 Å². The summed E-state index contributed by atoms with van der Waals surface area (Å²) in [5, 5.41) is 0. The van der Waals surface area contributed by atoms with Gasteiger partial charge in [0.05, 0.1) is 4.99 Å². The van der Waals surface area contributed by atoms with Gasteiger partial charge in [0.1, 0.15) is 0 Å². The van der Waals surface area contributed by atoms with Crippen LogP contribution < -0.4 is 5.73 Å². The fourth-order valence-electron chi connectivity index (χ4n) is 1.66. The standard InChI is InChI=1S/C10H22N2S/c1-5-9(6-2)12(4)8(3)7-10(11)13/h8-9H,5-7H2,1-4H3,(H2,11,13). The summed E-state index contributed by atoms with van der Waals surface area (Å²) in [6, 6.07) is 1.12. The molecule has 1 unspecified atom stereocenters. The molecule has 0 aromatic rings. The van der Waals surface area contributed by atoms with E-state index in [4.69, 9.17) is 18.0 Å². The summed E-state index contributed by atoms with van der Waals surface area (Å²) >= 11 is 4.90. The van der Waals surface area contributed by atoms with E-state index < -0.39 is 0 Å². The molecule has 2 N–H and O–H groups in total. The summed E-state index contributed by atoms with van der Waals surface area (Å²) in [6.45, 7) is 6.62. The molecule has 0 spiro atoms. The quantitative estimate of drug-likeness (QED) is 0.669. The lowest BCUT2D eigenvalue weighted by Crippen LogP contribution is -2.39. The minimum Gasteiger partial charge on any atom is -0.393 e. The van der Waals surface area contributed by atoms with Crippen molar-refractivity contribution in [2.24, 2.45) is 5.73 Å². The van der Waals surface area contributed by atoms with Crippen molar-refractivity contribution in [3.8, 4) is 0 Å². The van der Waals surface area contributed by atoms with Crippen LogP contribution in [-0.4, -0.2) is 29.0 Å². The van der Waals surface area contributed by atoms with Crippen LogP contribution in [0.2, 0.25) is 0 Å². The molecule has 0 saturated carbocycles. The molecule has 0 aromatic carbocycles. The number of hydrogen-bond acceptors (Lipinski definition) is 2. The van der Waals surface area contributed by atoms with Crippen molar-refractivity contribution >= 4 is 17.2 Å². The second-order valence-corrected chi connectivity index (χ2v) is 4.18. The van der Waals surface area contributed by atoms with Gasteiger partial charge in [0.2, 0.25) is 0 Å². The van der Waals surface area contributed by atoms with E-state index in [0.29, 0.717) is 17.1 Å². The molecule has 13 heavy (non-hydrogen) atoms. The van der Waals surface area contributed by atoms with Crippen LogP contribution >= 0.6 is 12.2 Å². The summed E-state index contributed by atoms with van der Waals surface area (Å²) in [5.41, 5.74) is 5.52. The molecule has 0 aromatic heterocycles. The monoisotopic (exact) mass is 202 g/mol. The van der Waals surface area contributed by atoms with Crippen LogP contribution in [0.3, 0.4) is 0 Å². The molecule has 0 bridgehead atoms. The molecular weight excluding hydrogens is 180 g/mol. The SMILES string of the molecule is CCC(CC)N(C)C(C)CC(N)=S. The highest BCUT2D eigenvalue weighted by Gasteiger charge is 2.16. The molecule has 0 fully saturated rings. The molecular formula is C10H22N2S. The molecule has 3 heteroatoms. The highest BCUT2D eigenvalue weighted by atomic mass is 32.1. The molecule has 0 aliphatic rings. The summed E-state index contributed by atoms with van der Waals surface area (Å²) in [4.78, 5) is 2.99. The van der Waals surface area contributed by atoms with E-state index in [9.17, 15) is 0 Å². The van der Waals surface area contributed by atoms with Crippen molar-refractivity contribution in [1.82, 2.24) is 4.90 Å². The Hall–Kier alpha value is -0.150. The second kappa shape index (κ2) is 6.33. The lowest BCUT2D eigenvalue weighted by molar-refractivity contribution is 0.178. The van der Waals surface area contributed by atoms with E-state index in [2.05, 4.69) is 32.7 Å². The maximum Gasteiger partial charge on any atom is 0.0742 e. The Balaban J connectivity index is 4.05. The Bertz CT molecular complexity index is 155. The zero-order chi connectivity index (χ0) is 10.4. The predicted molar refractivity (Wildman–Crippen MR) is 63.0 cm³/mol. The minimum atomic E-state index is 0.461. The van der Waals surface area contributed by atoms with Crippen LogP contribution in [0.25, 0.3) is 0 Å². The molecule has 0 aliphatic heterocycles. The highest BCUT2D eigenvalue weighted by molar-refractivity contribution is 7.80. The first-order valence-electron chi connectivity index (χ1n) is 5.03. The number of nitrogens with two attached hydrogens (primary N) is 1. The second-order valence-electron chi connectivity index (χ2n) is 3.66. The highest BCUT2D eigenvalue weighted by Crippen LogP contribution is 2.11.